The molecule has 2 amide bonds. The maximum atomic E-state index is 11.9. The van der Waals surface area contributed by atoms with Crippen LogP contribution in [0, 0.1) is 13.8 Å². The molecule has 20 heavy (non-hydrogen) atoms. The minimum absolute atomic E-state index is 0.105. The fraction of sp³-hybridized carbons (Fsp3) is 0.571. The molecule has 0 atom stereocenters. The number of rotatable bonds is 4. The molecule has 1 heterocycles. The van der Waals surface area contributed by atoms with Crippen LogP contribution in [0.3, 0.4) is 0 Å². The zero-order valence-corrected chi connectivity index (χ0v) is 13.4. The van der Waals surface area contributed by atoms with Crippen LogP contribution >= 0.6 is 11.3 Å². The third-order valence-electron chi connectivity index (χ3n) is 2.33. The number of ether oxygens (including phenoxy) is 1. The van der Waals surface area contributed by atoms with Crippen LogP contribution in [-0.2, 0) is 4.74 Å². The second kappa shape index (κ2) is 6.74. The first kappa shape index (κ1) is 16.5. The SMILES string of the molecule is Cc1cc(C)c(C(=O)NCCNC(=O)OC(C)(C)C)s1. The van der Waals surface area contributed by atoms with E-state index in [9.17, 15) is 9.59 Å². The van der Waals surface area contributed by atoms with Gasteiger partial charge in [0.15, 0.2) is 0 Å². The Labute approximate surface area is 123 Å². The smallest absolute Gasteiger partial charge is 0.407 e. The predicted molar refractivity (Wildman–Crippen MR) is 80.4 cm³/mol. The molecule has 0 aliphatic carbocycles. The van der Waals surface area contributed by atoms with Gasteiger partial charge in [0.25, 0.3) is 5.91 Å². The number of hydrogen-bond donors (Lipinski definition) is 2. The third-order valence-corrected chi connectivity index (χ3v) is 3.48. The average molecular weight is 298 g/mol. The Hall–Kier alpha value is -1.56. The Kier molecular flexibility index (Phi) is 5.56. The predicted octanol–water partition coefficient (Wildman–Crippen LogP) is 2.62. The van der Waals surface area contributed by atoms with Crippen molar-refractivity contribution in [3.8, 4) is 0 Å². The number of thiophene rings is 1. The van der Waals surface area contributed by atoms with Crippen LogP contribution in [0.1, 0.15) is 40.9 Å². The monoisotopic (exact) mass is 298 g/mol. The van der Waals surface area contributed by atoms with E-state index in [0.717, 1.165) is 15.3 Å². The summed E-state index contributed by atoms with van der Waals surface area (Å²) in [5.74, 6) is -0.105. The zero-order valence-electron chi connectivity index (χ0n) is 12.6. The van der Waals surface area contributed by atoms with Crippen molar-refractivity contribution in [2.45, 2.75) is 40.2 Å². The summed E-state index contributed by atoms with van der Waals surface area (Å²) >= 11 is 1.47. The van der Waals surface area contributed by atoms with Gasteiger partial charge >= 0.3 is 6.09 Å². The molecule has 0 fully saturated rings. The summed E-state index contributed by atoms with van der Waals surface area (Å²) in [7, 11) is 0. The van der Waals surface area contributed by atoms with Crippen LogP contribution in [0.5, 0.6) is 0 Å². The van der Waals surface area contributed by atoms with Crippen molar-refractivity contribution in [1.29, 1.82) is 0 Å². The summed E-state index contributed by atoms with van der Waals surface area (Å²) in [6, 6.07) is 1.98. The van der Waals surface area contributed by atoms with Gasteiger partial charge in [0, 0.05) is 18.0 Å². The summed E-state index contributed by atoms with van der Waals surface area (Å²) in [5, 5.41) is 5.37. The maximum Gasteiger partial charge on any atom is 0.407 e. The van der Waals surface area contributed by atoms with E-state index in [4.69, 9.17) is 4.74 Å². The summed E-state index contributed by atoms with van der Waals surface area (Å²) < 4.78 is 5.09. The molecule has 0 unspecified atom stereocenters. The molecule has 0 saturated heterocycles. The van der Waals surface area contributed by atoms with E-state index < -0.39 is 11.7 Å². The molecule has 2 N–H and O–H groups in total. The Morgan fingerprint density at radius 1 is 1.20 bits per heavy atom. The molecule has 1 aromatic heterocycles. The highest BCUT2D eigenvalue weighted by Crippen LogP contribution is 2.20. The van der Waals surface area contributed by atoms with E-state index in [1.54, 1.807) is 20.8 Å². The van der Waals surface area contributed by atoms with Crippen molar-refractivity contribution in [3.05, 3.63) is 21.4 Å². The van der Waals surface area contributed by atoms with Crippen LogP contribution in [0.15, 0.2) is 6.07 Å². The Balaban J connectivity index is 2.30. The third kappa shape index (κ3) is 5.61. The van der Waals surface area contributed by atoms with Gasteiger partial charge in [0.1, 0.15) is 5.60 Å². The van der Waals surface area contributed by atoms with Gasteiger partial charge in [-0.1, -0.05) is 0 Å². The first-order valence-electron chi connectivity index (χ1n) is 6.51. The molecule has 0 aromatic carbocycles. The van der Waals surface area contributed by atoms with Crippen LogP contribution in [0.25, 0.3) is 0 Å². The molecule has 1 aromatic rings. The molecule has 1 rings (SSSR count). The lowest BCUT2D eigenvalue weighted by atomic mass is 10.2. The number of carbonyl (C=O) groups is 2. The minimum Gasteiger partial charge on any atom is -0.444 e. The quantitative estimate of drug-likeness (QED) is 0.840. The van der Waals surface area contributed by atoms with Crippen LogP contribution in [0.4, 0.5) is 4.79 Å². The van der Waals surface area contributed by atoms with E-state index in [-0.39, 0.29) is 5.91 Å². The maximum absolute atomic E-state index is 11.9. The molecular formula is C14H22N2O3S. The molecule has 0 bridgehead atoms. The average Bonchev–Trinajstić information content (AvgIpc) is 2.61. The van der Waals surface area contributed by atoms with Gasteiger partial charge in [-0.2, -0.15) is 0 Å². The summed E-state index contributed by atoms with van der Waals surface area (Å²) in [5.41, 5.74) is 0.462. The highest BCUT2D eigenvalue weighted by atomic mass is 32.1. The topological polar surface area (TPSA) is 67.4 Å². The zero-order chi connectivity index (χ0) is 15.3. The molecule has 112 valence electrons. The van der Waals surface area contributed by atoms with Crippen LogP contribution < -0.4 is 10.6 Å². The van der Waals surface area contributed by atoms with Crippen LogP contribution in [0.2, 0.25) is 0 Å². The molecule has 0 saturated carbocycles. The number of nitrogens with one attached hydrogen (secondary N) is 2. The summed E-state index contributed by atoms with van der Waals surface area (Å²) in [6.45, 7) is 10.00. The lowest BCUT2D eigenvalue weighted by Crippen LogP contribution is -2.37. The first-order chi connectivity index (χ1) is 9.19. The molecule has 0 aliphatic rings. The molecule has 5 nitrogen and oxygen atoms in total. The molecular weight excluding hydrogens is 276 g/mol. The number of carbonyl (C=O) groups excluding carboxylic acids is 2. The Bertz CT molecular complexity index is 489. The number of alkyl carbamates (subject to hydrolysis) is 1. The van der Waals surface area contributed by atoms with E-state index >= 15 is 0 Å². The van der Waals surface area contributed by atoms with Crippen molar-refractivity contribution in [2.75, 3.05) is 13.1 Å². The standard InChI is InChI=1S/C14H22N2O3S/c1-9-8-10(2)20-11(9)12(17)15-6-7-16-13(18)19-14(3,4)5/h8H,6-7H2,1-5H3,(H,15,17)(H,16,18). The lowest BCUT2D eigenvalue weighted by molar-refractivity contribution is 0.0526. The second-order valence-corrected chi connectivity index (χ2v) is 6.81. The van der Waals surface area contributed by atoms with Gasteiger partial charge in [0.2, 0.25) is 0 Å². The fourth-order valence-corrected chi connectivity index (χ4v) is 2.54. The highest BCUT2D eigenvalue weighted by molar-refractivity contribution is 7.14. The van der Waals surface area contributed by atoms with Gasteiger partial charge in [-0.05, 0) is 46.2 Å². The van der Waals surface area contributed by atoms with Gasteiger partial charge in [-0.3, -0.25) is 4.79 Å². The van der Waals surface area contributed by atoms with Crippen LogP contribution in [-0.4, -0.2) is 30.7 Å². The van der Waals surface area contributed by atoms with Crippen molar-refractivity contribution in [2.24, 2.45) is 0 Å². The lowest BCUT2D eigenvalue weighted by Gasteiger charge is -2.19. The van der Waals surface area contributed by atoms with E-state index in [0.29, 0.717) is 13.1 Å². The van der Waals surface area contributed by atoms with Gasteiger partial charge in [-0.25, -0.2) is 4.79 Å². The van der Waals surface area contributed by atoms with Gasteiger partial charge < -0.3 is 15.4 Å². The normalized spacial score (nSPS) is 11.1. The molecule has 0 aliphatic heterocycles. The largest absolute Gasteiger partial charge is 0.444 e. The van der Waals surface area contributed by atoms with E-state index in [2.05, 4.69) is 10.6 Å². The van der Waals surface area contributed by atoms with Crippen molar-refractivity contribution >= 4 is 23.3 Å². The van der Waals surface area contributed by atoms with E-state index in [1.807, 2.05) is 19.9 Å². The number of amides is 2. The summed E-state index contributed by atoms with van der Waals surface area (Å²) in [4.78, 5) is 25.1. The van der Waals surface area contributed by atoms with Gasteiger partial charge in [0.05, 0.1) is 4.88 Å². The number of aryl methyl sites for hydroxylation is 2. The molecule has 0 spiro atoms. The minimum atomic E-state index is -0.515. The Morgan fingerprint density at radius 3 is 2.30 bits per heavy atom. The van der Waals surface area contributed by atoms with E-state index in [1.165, 1.54) is 11.3 Å². The highest BCUT2D eigenvalue weighted by Gasteiger charge is 2.16. The number of hydrogen-bond acceptors (Lipinski definition) is 4. The molecule has 0 radical (unpaired) electrons. The van der Waals surface area contributed by atoms with Crippen molar-refractivity contribution in [1.82, 2.24) is 10.6 Å². The molecule has 6 heteroatoms. The fourth-order valence-electron chi connectivity index (χ4n) is 1.60. The van der Waals surface area contributed by atoms with Gasteiger partial charge in [-0.15, -0.1) is 11.3 Å². The first-order valence-corrected chi connectivity index (χ1v) is 7.33. The second-order valence-electron chi connectivity index (χ2n) is 5.55. The summed E-state index contributed by atoms with van der Waals surface area (Å²) in [6.07, 6.45) is -0.477. The van der Waals surface area contributed by atoms with Crippen molar-refractivity contribution in [3.63, 3.8) is 0 Å². The Morgan fingerprint density at radius 2 is 1.80 bits per heavy atom. The van der Waals surface area contributed by atoms with Crippen molar-refractivity contribution < 1.29 is 14.3 Å².